The lowest BCUT2D eigenvalue weighted by atomic mass is 9.75. The van der Waals surface area contributed by atoms with Crippen molar-refractivity contribution in [3.8, 4) is 5.75 Å². The molecule has 1 spiro atoms. The molecule has 0 amide bonds. The van der Waals surface area contributed by atoms with Crippen LogP contribution in [0.4, 0.5) is 0 Å². The molecule has 2 saturated heterocycles. The smallest absolute Gasteiger partial charge is 0.331 e. The van der Waals surface area contributed by atoms with Crippen LogP contribution in [0, 0.1) is 0 Å². The maximum atomic E-state index is 12.1. The standard InChI is InChI=1S/C21H26N2O3/c1-25-16-7-5-14(6-8-16)13-22-17-10-15-11-20(24)26-21(15)12-18(17)23-9-3-2-4-19(21)23/h5-8,11,17-19,22H,2-4,9-10,12-13H2,1H3/t17-,18-,19+,21-/m0/s1. The minimum Gasteiger partial charge on any atom is -0.497 e. The zero-order valence-corrected chi connectivity index (χ0v) is 15.2. The number of piperidine rings is 1. The monoisotopic (exact) mass is 354 g/mol. The summed E-state index contributed by atoms with van der Waals surface area (Å²) in [4.78, 5) is 14.7. The van der Waals surface area contributed by atoms with E-state index in [1.165, 1.54) is 24.0 Å². The lowest BCUT2D eigenvalue weighted by Crippen LogP contribution is -2.49. The van der Waals surface area contributed by atoms with Crippen molar-refractivity contribution in [3.05, 3.63) is 41.5 Å². The summed E-state index contributed by atoms with van der Waals surface area (Å²) in [6.45, 7) is 1.96. The summed E-state index contributed by atoms with van der Waals surface area (Å²) in [6, 6.07) is 9.44. The van der Waals surface area contributed by atoms with Gasteiger partial charge in [-0.05, 0) is 49.1 Å². The molecule has 2 bridgehead atoms. The number of nitrogens with one attached hydrogen (secondary N) is 1. The number of benzene rings is 1. The second kappa shape index (κ2) is 6.10. The van der Waals surface area contributed by atoms with E-state index in [1.807, 2.05) is 12.1 Å². The summed E-state index contributed by atoms with van der Waals surface area (Å²) in [5.41, 5.74) is 2.16. The average molecular weight is 354 g/mol. The molecule has 5 rings (SSSR count). The number of rotatable bonds is 4. The molecular formula is C21H26N2O3. The van der Waals surface area contributed by atoms with Gasteiger partial charge in [-0.3, -0.25) is 4.90 Å². The zero-order chi connectivity index (χ0) is 17.7. The zero-order valence-electron chi connectivity index (χ0n) is 15.2. The summed E-state index contributed by atoms with van der Waals surface area (Å²) < 4.78 is 11.2. The molecular weight excluding hydrogens is 328 g/mol. The van der Waals surface area contributed by atoms with Crippen LogP contribution in [0.5, 0.6) is 5.75 Å². The minimum atomic E-state index is -0.319. The van der Waals surface area contributed by atoms with Crippen molar-refractivity contribution in [2.24, 2.45) is 0 Å². The normalized spacial score (nSPS) is 35.5. The van der Waals surface area contributed by atoms with E-state index in [4.69, 9.17) is 9.47 Å². The average Bonchev–Trinajstić information content (AvgIpc) is 3.15. The maximum absolute atomic E-state index is 12.1. The number of carbonyl (C=O) groups excluding carboxylic acids is 1. The van der Waals surface area contributed by atoms with Crippen molar-refractivity contribution >= 4 is 5.97 Å². The largest absolute Gasteiger partial charge is 0.497 e. The number of hydrogen-bond donors (Lipinski definition) is 1. The third-order valence-electron chi connectivity index (χ3n) is 6.77. The third-order valence-corrected chi connectivity index (χ3v) is 6.77. The Hall–Kier alpha value is -1.85. The first kappa shape index (κ1) is 16.3. The molecule has 3 aliphatic heterocycles. The SMILES string of the molecule is COc1ccc(CN[C@H]2CC3=CC(=O)O[C@@]34C[C@@H]2N2CCCC[C@@H]24)cc1. The molecule has 0 radical (unpaired) electrons. The van der Waals surface area contributed by atoms with Gasteiger partial charge in [0.15, 0.2) is 5.60 Å². The molecule has 1 aromatic carbocycles. The van der Waals surface area contributed by atoms with E-state index in [0.717, 1.165) is 38.1 Å². The van der Waals surface area contributed by atoms with E-state index in [-0.39, 0.29) is 11.6 Å². The highest BCUT2D eigenvalue weighted by molar-refractivity contribution is 5.87. The number of ether oxygens (including phenoxy) is 2. The van der Waals surface area contributed by atoms with Gasteiger partial charge >= 0.3 is 5.97 Å². The van der Waals surface area contributed by atoms with Crippen molar-refractivity contribution in [1.82, 2.24) is 10.2 Å². The molecule has 26 heavy (non-hydrogen) atoms. The van der Waals surface area contributed by atoms with E-state index in [9.17, 15) is 4.79 Å². The van der Waals surface area contributed by atoms with Gasteiger partial charge in [0, 0.05) is 31.1 Å². The summed E-state index contributed by atoms with van der Waals surface area (Å²) in [5, 5.41) is 3.77. The Morgan fingerprint density at radius 2 is 2.15 bits per heavy atom. The first-order valence-electron chi connectivity index (χ1n) is 9.76. The van der Waals surface area contributed by atoms with Crippen molar-refractivity contribution in [1.29, 1.82) is 0 Å². The third kappa shape index (κ3) is 2.41. The molecule has 5 heteroatoms. The number of methoxy groups -OCH3 is 1. The van der Waals surface area contributed by atoms with Gasteiger partial charge in [0.25, 0.3) is 0 Å². The Kier molecular flexibility index (Phi) is 3.83. The summed E-state index contributed by atoms with van der Waals surface area (Å²) in [5.74, 6) is 0.747. The summed E-state index contributed by atoms with van der Waals surface area (Å²) in [7, 11) is 1.69. The van der Waals surface area contributed by atoms with Crippen LogP contribution in [0.1, 0.15) is 37.7 Å². The van der Waals surface area contributed by atoms with Crippen LogP contribution in [0.15, 0.2) is 35.9 Å². The van der Waals surface area contributed by atoms with Crippen LogP contribution in [0.3, 0.4) is 0 Å². The Labute approximate surface area is 154 Å². The van der Waals surface area contributed by atoms with Crippen molar-refractivity contribution in [3.63, 3.8) is 0 Å². The Bertz CT molecular complexity index is 744. The van der Waals surface area contributed by atoms with E-state index >= 15 is 0 Å². The Morgan fingerprint density at radius 3 is 2.96 bits per heavy atom. The number of nitrogens with zero attached hydrogens (tertiary/aromatic N) is 1. The topological polar surface area (TPSA) is 50.8 Å². The quantitative estimate of drug-likeness (QED) is 0.842. The molecule has 4 aliphatic rings. The minimum absolute atomic E-state index is 0.137. The van der Waals surface area contributed by atoms with Crippen LogP contribution >= 0.6 is 0 Å². The molecule has 3 fully saturated rings. The fourth-order valence-electron chi connectivity index (χ4n) is 5.59. The molecule has 5 nitrogen and oxygen atoms in total. The van der Waals surface area contributed by atoms with Crippen LogP contribution in [-0.2, 0) is 16.1 Å². The molecule has 4 atom stereocenters. The van der Waals surface area contributed by atoms with Gasteiger partial charge in [-0.1, -0.05) is 18.6 Å². The van der Waals surface area contributed by atoms with Gasteiger partial charge in [0.05, 0.1) is 13.2 Å². The lowest BCUT2D eigenvalue weighted by Gasteiger charge is -2.38. The maximum Gasteiger partial charge on any atom is 0.331 e. The Balaban J connectivity index is 1.36. The lowest BCUT2D eigenvalue weighted by molar-refractivity contribution is -0.148. The molecule has 0 unspecified atom stereocenters. The number of fused-ring (bicyclic) bond motifs is 3. The number of esters is 1. The second-order valence-corrected chi connectivity index (χ2v) is 8.04. The van der Waals surface area contributed by atoms with Crippen molar-refractivity contribution in [2.45, 2.75) is 62.4 Å². The molecule has 138 valence electrons. The van der Waals surface area contributed by atoms with Crippen LogP contribution in [0.2, 0.25) is 0 Å². The first-order valence-corrected chi connectivity index (χ1v) is 9.76. The van der Waals surface area contributed by atoms with Gasteiger partial charge in [0.2, 0.25) is 0 Å². The molecule has 1 saturated carbocycles. The van der Waals surface area contributed by atoms with Gasteiger partial charge in [0.1, 0.15) is 5.75 Å². The summed E-state index contributed by atoms with van der Waals surface area (Å²) in [6.07, 6.45) is 7.28. The highest BCUT2D eigenvalue weighted by atomic mass is 16.6. The molecule has 1 aromatic rings. The highest BCUT2D eigenvalue weighted by Gasteiger charge is 2.63. The van der Waals surface area contributed by atoms with E-state index in [1.54, 1.807) is 13.2 Å². The molecule has 3 heterocycles. The van der Waals surface area contributed by atoms with E-state index in [0.29, 0.717) is 18.1 Å². The van der Waals surface area contributed by atoms with Gasteiger partial charge in [-0.15, -0.1) is 0 Å². The number of hydrogen-bond acceptors (Lipinski definition) is 5. The van der Waals surface area contributed by atoms with E-state index in [2.05, 4.69) is 22.3 Å². The van der Waals surface area contributed by atoms with Crippen molar-refractivity contribution in [2.75, 3.05) is 13.7 Å². The number of carbonyl (C=O) groups is 1. The fraction of sp³-hybridized carbons (Fsp3) is 0.571. The highest BCUT2D eigenvalue weighted by Crippen LogP contribution is 2.53. The van der Waals surface area contributed by atoms with Gasteiger partial charge < -0.3 is 14.8 Å². The predicted octanol–water partition coefficient (Wildman–Crippen LogP) is 2.41. The first-order chi connectivity index (χ1) is 12.7. The summed E-state index contributed by atoms with van der Waals surface area (Å²) >= 11 is 0. The van der Waals surface area contributed by atoms with Crippen LogP contribution in [0.25, 0.3) is 0 Å². The van der Waals surface area contributed by atoms with Gasteiger partial charge in [-0.2, -0.15) is 0 Å². The van der Waals surface area contributed by atoms with Crippen LogP contribution < -0.4 is 10.1 Å². The van der Waals surface area contributed by atoms with Crippen molar-refractivity contribution < 1.29 is 14.3 Å². The molecule has 1 aliphatic carbocycles. The fourth-order valence-corrected chi connectivity index (χ4v) is 5.59. The molecule has 1 N–H and O–H groups in total. The predicted molar refractivity (Wildman–Crippen MR) is 97.9 cm³/mol. The van der Waals surface area contributed by atoms with E-state index < -0.39 is 0 Å². The Morgan fingerprint density at radius 1 is 1.31 bits per heavy atom. The molecule has 0 aromatic heterocycles. The van der Waals surface area contributed by atoms with Crippen LogP contribution in [-0.4, -0.2) is 48.3 Å². The second-order valence-electron chi connectivity index (χ2n) is 8.04. The van der Waals surface area contributed by atoms with Gasteiger partial charge in [-0.25, -0.2) is 4.79 Å².